The number of likely N-dealkylation sites (tertiary alicyclic amines) is 1. The molecule has 1 spiro atoms. The minimum atomic E-state index is -3.48. The van der Waals surface area contributed by atoms with Crippen molar-refractivity contribution in [1.82, 2.24) is 19.5 Å². The number of hydrogen-bond acceptors (Lipinski definition) is 5. The van der Waals surface area contributed by atoms with Crippen molar-refractivity contribution in [1.29, 1.82) is 0 Å². The Morgan fingerprint density at radius 3 is 2.48 bits per heavy atom. The maximum Gasteiger partial charge on any atom is 0.272 e. The summed E-state index contributed by atoms with van der Waals surface area (Å²) in [6.07, 6.45) is 7.66. The molecule has 2 amide bonds. The van der Waals surface area contributed by atoms with Crippen LogP contribution in [0.25, 0.3) is 0 Å². The fourth-order valence-electron chi connectivity index (χ4n) is 5.18. The van der Waals surface area contributed by atoms with Crippen LogP contribution in [0.5, 0.6) is 0 Å². The molecule has 1 saturated carbocycles. The van der Waals surface area contributed by atoms with Gasteiger partial charge in [-0.2, -0.15) is 4.31 Å². The first-order valence-corrected chi connectivity index (χ1v) is 12.5. The molecular formula is C22H30N4O4S. The van der Waals surface area contributed by atoms with Crippen molar-refractivity contribution < 1.29 is 18.0 Å². The monoisotopic (exact) mass is 446 g/mol. The third-order valence-corrected chi connectivity index (χ3v) is 9.49. The van der Waals surface area contributed by atoms with Gasteiger partial charge in [-0.3, -0.25) is 14.6 Å². The summed E-state index contributed by atoms with van der Waals surface area (Å²) >= 11 is 0. The SMILES string of the molecule is C=CC(=O)NC1CCN(S(=O)(=O)C2CCN(C(=O)c3ccccn3)CC2)C2(CCC2)C1. The van der Waals surface area contributed by atoms with Crippen molar-refractivity contribution in [3.63, 3.8) is 0 Å². The average Bonchev–Trinajstić information content (AvgIpc) is 2.78. The minimum Gasteiger partial charge on any atom is -0.350 e. The lowest BCUT2D eigenvalue weighted by molar-refractivity contribution is -0.117. The number of pyridine rings is 1. The molecule has 8 nitrogen and oxygen atoms in total. The Bertz CT molecular complexity index is 938. The fourth-order valence-corrected chi connectivity index (χ4v) is 7.50. The number of nitrogens with one attached hydrogen (secondary N) is 1. The van der Waals surface area contributed by atoms with E-state index in [9.17, 15) is 18.0 Å². The molecule has 1 aliphatic carbocycles. The first kappa shape index (κ1) is 22.0. The van der Waals surface area contributed by atoms with Crippen molar-refractivity contribution in [2.75, 3.05) is 19.6 Å². The molecular weight excluding hydrogens is 416 g/mol. The number of hydrogen-bond donors (Lipinski definition) is 1. The van der Waals surface area contributed by atoms with E-state index in [0.29, 0.717) is 51.0 Å². The van der Waals surface area contributed by atoms with E-state index >= 15 is 0 Å². The van der Waals surface area contributed by atoms with E-state index in [1.54, 1.807) is 33.6 Å². The Hall–Kier alpha value is -2.26. The molecule has 1 unspecified atom stereocenters. The van der Waals surface area contributed by atoms with Gasteiger partial charge in [0.05, 0.1) is 5.25 Å². The highest BCUT2D eigenvalue weighted by Gasteiger charge is 2.53. The van der Waals surface area contributed by atoms with Gasteiger partial charge < -0.3 is 10.2 Å². The molecule has 0 bridgehead atoms. The van der Waals surface area contributed by atoms with E-state index in [1.807, 2.05) is 0 Å². The Kier molecular flexibility index (Phi) is 6.16. The summed E-state index contributed by atoms with van der Waals surface area (Å²) in [6, 6.07) is 5.20. The van der Waals surface area contributed by atoms with Gasteiger partial charge in [0.1, 0.15) is 5.69 Å². The predicted molar refractivity (Wildman–Crippen MR) is 117 cm³/mol. The van der Waals surface area contributed by atoms with Crippen LogP contribution in [0, 0.1) is 0 Å². The molecule has 3 fully saturated rings. The highest BCUT2D eigenvalue weighted by atomic mass is 32.2. The van der Waals surface area contributed by atoms with E-state index < -0.39 is 15.3 Å². The number of carbonyl (C=O) groups is 2. The second-order valence-electron chi connectivity index (χ2n) is 8.80. The summed E-state index contributed by atoms with van der Waals surface area (Å²) in [5, 5.41) is 2.47. The molecule has 1 atom stereocenters. The van der Waals surface area contributed by atoms with Crippen LogP contribution in [0.3, 0.4) is 0 Å². The molecule has 9 heteroatoms. The smallest absolute Gasteiger partial charge is 0.272 e. The van der Waals surface area contributed by atoms with Gasteiger partial charge in [0.25, 0.3) is 5.91 Å². The van der Waals surface area contributed by atoms with E-state index in [1.165, 1.54) is 6.08 Å². The van der Waals surface area contributed by atoms with Crippen LogP contribution < -0.4 is 5.32 Å². The Labute approximate surface area is 183 Å². The molecule has 0 aromatic carbocycles. The Morgan fingerprint density at radius 2 is 1.90 bits per heavy atom. The quantitative estimate of drug-likeness (QED) is 0.694. The number of sulfonamides is 1. The molecule has 1 aromatic rings. The zero-order valence-corrected chi connectivity index (χ0v) is 18.5. The van der Waals surface area contributed by atoms with Gasteiger partial charge in [-0.1, -0.05) is 12.6 Å². The first-order valence-electron chi connectivity index (χ1n) is 11.0. The molecule has 31 heavy (non-hydrogen) atoms. The molecule has 1 N–H and O–H groups in total. The topological polar surface area (TPSA) is 99.7 Å². The Morgan fingerprint density at radius 1 is 1.16 bits per heavy atom. The van der Waals surface area contributed by atoms with Crippen LogP contribution in [0.1, 0.15) is 55.4 Å². The number of piperidine rings is 2. The van der Waals surface area contributed by atoms with Crippen molar-refractivity contribution >= 4 is 21.8 Å². The van der Waals surface area contributed by atoms with Crippen LogP contribution >= 0.6 is 0 Å². The lowest BCUT2D eigenvalue weighted by Gasteiger charge is -2.55. The van der Waals surface area contributed by atoms with Gasteiger partial charge >= 0.3 is 0 Å². The number of carbonyl (C=O) groups excluding carboxylic acids is 2. The van der Waals surface area contributed by atoms with Crippen molar-refractivity contribution in [2.24, 2.45) is 0 Å². The van der Waals surface area contributed by atoms with Gasteiger partial charge in [-0.05, 0) is 63.2 Å². The van der Waals surface area contributed by atoms with E-state index in [4.69, 9.17) is 0 Å². The molecule has 2 aliphatic heterocycles. The number of nitrogens with zero attached hydrogens (tertiary/aromatic N) is 3. The first-order chi connectivity index (χ1) is 14.9. The summed E-state index contributed by atoms with van der Waals surface area (Å²) in [5.41, 5.74) is 0.0118. The predicted octanol–water partition coefficient (Wildman–Crippen LogP) is 1.71. The van der Waals surface area contributed by atoms with Gasteiger partial charge in [0, 0.05) is 37.4 Å². The Balaban J connectivity index is 1.41. The molecule has 3 heterocycles. The van der Waals surface area contributed by atoms with Crippen LogP contribution in [-0.4, -0.2) is 70.9 Å². The standard InChI is InChI=1S/C22H30N4O4S/c1-2-20(27)24-17-7-15-26(22(16-17)10-5-11-22)31(29,30)18-8-13-25(14-9-18)21(28)19-6-3-4-12-23-19/h2-4,6,12,17-18H,1,5,7-11,13-16H2,(H,24,27). The maximum absolute atomic E-state index is 13.6. The second-order valence-corrected chi connectivity index (χ2v) is 10.9. The number of aromatic nitrogens is 1. The van der Waals surface area contributed by atoms with E-state index in [-0.39, 0.29) is 23.4 Å². The summed E-state index contributed by atoms with van der Waals surface area (Å²) in [7, 11) is -3.48. The van der Waals surface area contributed by atoms with E-state index in [2.05, 4.69) is 16.9 Å². The second kappa shape index (κ2) is 8.70. The molecule has 4 rings (SSSR count). The minimum absolute atomic E-state index is 0.0184. The van der Waals surface area contributed by atoms with Gasteiger partial charge in [0.2, 0.25) is 15.9 Å². The van der Waals surface area contributed by atoms with Crippen LogP contribution in [0.4, 0.5) is 0 Å². The summed E-state index contributed by atoms with van der Waals surface area (Å²) < 4.78 is 28.9. The third-order valence-electron chi connectivity index (χ3n) is 6.99. The normalized spacial score (nSPS) is 24.4. The maximum atomic E-state index is 13.6. The number of rotatable bonds is 5. The molecule has 168 valence electrons. The largest absolute Gasteiger partial charge is 0.350 e. The highest BCUT2D eigenvalue weighted by Crippen LogP contribution is 2.47. The van der Waals surface area contributed by atoms with Gasteiger partial charge in [-0.15, -0.1) is 0 Å². The van der Waals surface area contributed by atoms with Crippen molar-refractivity contribution in [2.45, 2.75) is 61.8 Å². The fraction of sp³-hybridized carbons (Fsp3) is 0.591. The molecule has 0 radical (unpaired) electrons. The lowest BCUT2D eigenvalue weighted by Crippen LogP contribution is -2.64. The van der Waals surface area contributed by atoms with Crippen molar-refractivity contribution in [3.05, 3.63) is 42.7 Å². The zero-order valence-electron chi connectivity index (χ0n) is 17.7. The summed E-state index contributed by atoms with van der Waals surface area (Å²) in [6.45, 7) is 4.76. The molecule has 3 aliphatic rings. The average molecular weight is 447 g/mol. The van der Waals surface area contributed by atoms with E-state index in [0.717, 1.165) is 19.3 Å². The molecule has 2 saturated heterocycles. The lowest BCUT2D eigenvalue weighted by atomic mass is 9.70. The summed E-state index contributed by atoms with van der Waals surface area (Å²) in [5.74, 6) is -0.355. The van der Waals surface area contributed by atoms with Crippen molar-refractivity contribution in [3.8, 4) is 0 Å². The zero-order chi connectivity index (χ0) is 22.1. The van der Waals surface area contributed by atoms with Gasteiger partial charge in [0.15, 0.2) is 0 Å². The third kappa shape index (κ3) is 4.25. The number of amides is 2. The summed E-state index contributed by atoms with van der Waals surface area (Å²) in [4.78, 5) is 30.2. The molecule has 1 aromatic heterocycles. The van der Waals surface area contributed by atoms with Crippen LogP contribution in [0.2, 0.25) is 0 Å². The van der Waals surface area contributed by atoms with Crippen LogP contribution in [-0.2, 0) is 14.8 Å². The highest BCUT2D eigenvalue weighted by molar-refractivity contribution is 7.89. The van der Waals surface area contributed by atoms with Gasteiger partial charge in [-0.25, -0.2) is 8.42 Å². The van der Waals surface area contributed by atoms with Crippen LogP contribution in [0.15, 0.2) is 37.1 Å².